The fraction of sp³-hybridized carbons (Fsp3) is 0. The molecule has 35 valence electrons. The molecule has 0 heterocycles. The van der Waals surface area contributed by atoms with Crippen LogP contribution in [0.2, 0.25) is 0 Å². The molecule has 5 heteroatoms. The van der Waals surface area contributed by atoms with Crippen LogP contribution in [-0.4, -0.2) is 16.4 Å². The summed E-state index contributed by atoms with van der Waals surface area (Å²) < 4.78 is 0. The van der Waals surface area contributed by atoms with E-state index in [2.05, 4.69) is 0 Å². The molecule has 0 bridgehead atoms. The predicted molar refractivity (Wildman–Crippen MR) is 13.1 cm³/mol. The molecule has 0 saturated carbocycles. The van der Waals surface area contributed by atoms with Crippen molar-refractivity contribution in [3.8, 4) is 0 Å². The third-order valence-electron chi connectivity index (χ3n) is 0. The van der Waals surface area contributed by atoms with E-state index in [1.807, 2.05) is 0 Å². The van der Waals surface area contributed by atoms with Crippen molar-refractivity contribution in [1.82, 2.24) is 0 Å². The van der Waals surface area contributed by atoms with Gasteiger partial charge in [-0.15, -0.1) is 12.4 Å². The molecule has 3 N–H and O–H groups in total. The van der Waals surface area contributed by atoms with Crippen LogP contribution in [0, 0.1) is 0 Å². The topological polar surface area (TPSA) is 90.0 Å². The maximum Gasteiger partial charge on any atom is 3.00 e. The number of halogens is 1. The summed E-state index contributed by atoms with van der Waals surface area (Å²) in [6.07, 6.45) is 0. The predicted octanol–water partition coefficient (Wildman–Crippen LogP) is -0.111. The van der Waals surface area contributed by atoms with Gasteiger partial charge >= 0.3 is 17.4 Å². The first kappa shape index (κ1) is 256. The third kappa shape index (κ3) is 69.6. The Balaban J connectivity index is 0. The zero-order valence-electron chi connectivity index (χ0n) is 2.16. The summed E-state index contributed by atoms with van der Waals surface area (Å²) in [4.78, 5) is 0. The number of rotatable bonds is 0. The van der Waals surface area contributed by atoms with Crippen molar-refractivity contribution in [3.05, 3.63) is 0 Å². The molecule has 0 aromatic rings. The van der Waals surface area contributed by atoms with Gasteiger partial charge in [0.05, 0.1) is 0 Å². The van der Waals surface area contributed by atoms with E-state index in [1.54, 1.807) is 0 Å². The fourth-order valence-electron chi connectivity index (χ4n) is 0. The summed E-state index contributed by atoms with van der Waals surface area (Å²) >= 11 is 0. The molecule has 3 nitrogen and oxygen atoms in total. The zero-order valence-corrected chi connectivity index (χ0v) is 4.25. The van der Waals surface area contributed by atoms with Crippen LogP contribution in [-0.2, 0) is 17.4 Å². The summed E-state index contributed by atoms with van der Waals surface area (Å²) in [6.45, 7) is 0. The Hall–Kier alpha value is 0.702. The minimum Gasteiger partial charge on any atom is -0.870 e. The van der Waals surface area contributed by atoms with Crippen LogP contribution in [0.5, 0.6) is 0 Å². The normalized spacial score (nSPS) is 0. The molecular formula is H4ClCrO3. The minimum atomic E-state index is 0. The molecule has 5 heavy (non-hydrogen) atoms. The Morgan fingerprint density at radius 3 is 0.600 bits per heavy atom. The Morgan fingerprint density at radius 1 is 0.600 bits per heavy atom. The van der Waals surface area contributed by atoms with Gasteiger partial charge in [-0.05, 0) is 0 Å². The molecule has 0 atom stereocenters. The number of hydrogen-bond acceptors (Lipinski definition) is 3. The summed E-state index contributed by atoms with van der Waals surface area (Å²) in [5.74, 6) is 0. The monoisotopic (exact) mass is 139 g/mol. The summed E-state index contributed by atoms with van der Waals surface area (Å²) in [5, 5.41) is 0. The fourth-order valence-corrected chi connectivity index (χ4v) is 0. The van der Waals surface area contributed by atoms with Gasteiger partial charge in [0.25, 0.3) is 0 Å². The van der Waals surface area contributed by atoms with Crippen LogP contribution in [0.15, 0.2) is 0 Å². The second kappa shape index (κ2) is 131. The van der Waals surface area contributed by atoms with Crippen LogP contribution in [0.4, 0.5) is 0 Å². The average molecular weight is 139 g/mol. The zero-order chi connectivity index (χ0) is 0. The van der Waals surface area contributed by atoms with Crippen molar-refractivity contribution in [1.29, 1.82) is 0 Å². The Labute approximate surface area is 46.8 Å². The van der Waals surface area contributed by atoms with Gasteiger partial charge in [-0.2, -0.15) is 0 Å². The van der Waals surface area contributed by atoms with Gasteiger partial charge in [-0.3, -0.25) is 0 Å². The molecule has 0 fully saturated rings. The smallest absolute Gasteiger partial charge is 0.870 e. The van der Waals surface area contributed by atoms with Crippen LogP contribution in [0.3, 0.4) is 0 Å². The van der Waals surface area contributed by atoms with Gasteiger partial charge in [-0.1, -0.05) is 0 Å². The molecule has 0 unspecified atom stereocenters. The van der Waals surface area contributed by atoms with Gasteiger partial charge in [0.1, 0.15) is 0 Å². The van der Waals surface area contributed by atoms with Crippen molar-refractivity contribution in [3.63, 3.8) is 0 Å². The second-order valence-corrected chi connectivity index (χ2v) is 0. The molecule has 0 aromatic heterocycles. The van der Waals surface area contributed by atoms with Crippen molar-refractivity contribution in [2.75, 3.05) is 0 Å². The maximum absolute atomic E-state index is 0. The molecule has 1 radical (unpaired) electrons. The van der Waals surface area contributed by atoms with E-state index in [0.29, 0.717) is 0 Å². The molecule has 0 aliphatic carbocycles. The molecule has 0 saturated heterocycles. The third-order valence-corrected chi connectivity index (χ3v) is 0. The van der Waals surface area contributed by atoms with E-state index in [4.69, 9.17) is 0 Å². The van der Waals surface area contributed by atoms with Crippen LogP contribution in [0.25, 0.3) is 0 Å². The van der Waals surface area contributed by atoms with Gasteiger partial charge < -0.3 is 16.4 Å². The standard InChI is InChI=1S/ClH.Cr.3H2O/h1H;;3*1H2/q;+3;;;/p-3. The SMILES string of the molecule is Cl.[Cr+3].[OH-].[OH-].[OH-]. The summed E-state index contributed by atoms with van der Waals surface area (Å²) in [5.41, 5.74) is 0. The Kier molecular flexibility index (Phi) is 6680. The largest absolute Gasteiger partial charge is 3.00 e. The summed E-state index contributed by atoms with van der Waals surface area (Å²) in [7, 11) is 0. The van der Waals surface area contributed by atoms with Crippen LogP contribution < -0.4 is 0 Å². The van der Waals surface area contributed by atoms with Gasteiger partial charge in [0.15, 0.2) is 0 Å². The molecule has 0 aliphatic heterocycles. The van der Waals surface area contributed by atoms with E-state index in [0.717, 1.165) is 0 Å². The van der Waals surface area contributed by atoms with Gasteiger partial charge in [0.2, 0.25) is 0 Å². The average Bonchev–Trinajstić information content (AvgIpc) is 0. The summed E-state index contributed by atoms with van der Waals surface area (Å²) in [6, 6.07) is 0. The van der Waals surface area contributed by atoms with Crippen molar-refractivity contribution < 1.29 is 33.8 Å². The molecule has 0 rings (SSSR count). The van der Waals surface area contributed by atoms with E-state index in [1.165, 1.54) is 0 Å². The second-order valence-electron chi connectivity index (χ2n) is 0. The first-order valence-corrected chi connectivity index (χ1v) is 0. The quantitative estimate of drug-likeness (QED) is 0.469. The van der Waals surface area contributed by atoms with Crippen molar-refractivity contribution in [2.45, 2.75) is 0 Å². The van der Waals surface area contributed by atoms with Crippen molar-refractivity contribution in [2.24, 2.45) is 0 Å². The first-order valence-electron chi connectivity index (χ1n) is 0. The Bertz CT molecular complexity index is 6.85. The van der Waals surface area contributed by atoms with E-state index in [-0.39, 0.29) is 46.2 Å². The number of hydrogen-bond donors (Lipinski definition) is 0. The minimum absolute atomic E-state index is 0. The van der Waals surface area contributed by atoms with E-state index >= 15 is 0 Å². The van der Waals surface area contributed by atoms with Crippen molar-refractivity contribution >= 4 is 12.4 Å². The first-order chi connectivity index (χ1) is 0. The van der Waals surface area contributed by atoms with Crippen LogP contribution in [0.1, 0.15) is 0 Å². The molecule has 0 aliphatic rings. The maximum atomic E-state index is 0. The molecule has 0 aromatic carbocycles. The van der Waals surface area contributed by atoms with Gasteiger partial charge in [-0.25, -0.2) is 0 Å². The molecule has 0 amide bonds. The Morgan fingerprint density at radius 2 is 0.600 bits per heavy atom. The molecule has 0 spiro atoms. The van der Waals surface area contributed by atoms with E-state index in [9.17, 15) is 0 Å². The van der Waals surface area contributed by atoms with Crippen LogP contribution >= 0.6 is 12.4 Å². The van der Waals surface area contributed by atoms with E-state index < -0.39 is 0 Å². The molecular weight excluding hydrogens is 135 g/mol. The van der Waals surface area contributed by atoms with Gasteiger partial charge in [0, 0.05) is 0 Å².